The minimum atomic E-state index is -3.34. The highest BCUT2D eigenvalue weighted by Gasteiger charge is 2.09. The van der Waals surface area contributed by atoms with Crippen LogP contribution in [0.25, 0.3) is 0 Å². The number of oxazole rings is 1. The van der Waals surface area contributed by atoms with Crippen molar-refractivity contribution in [1.29, 1.82) is 0 Å². The van der Waals surface area contributed by atoms with E-state index >= 15 is 0 Å². The van der Waals surface area contributed by atoms with Gasteiger partial charge in [0.05, 0.1) is 24.2 Å². The number of para-hydroxylation sites is 1. The van der Waals surface area contributed by atoms with Gasteiger partial charge < -0.3 is 15.1 Å². The molecule has 2 rings (SSSR count). The maximum absolute atomic E-state index is 11.5. The number of aliphatic imine (C=N–C) groups is 1. The van der Waals surface area contributed by atoms with Crippen molar-refractivity contribution in [3.8, 4) is 0 Å². The lowest BCUT2D eigenvalue weighted by Crippen LogP contribution is -2.36. The Labute approximate surface area is 171 Å². The second kappa shape index (κ2) is 9.76. The molecule has 0 aliphatic heterocycles. The fourth-order valence-corrected chi connectivity index (χ4v) is 2.75. The van der Waals surface area contributed by atoms with E-state index in [1.54, 1.807) is 19.2 Å². The number of sulfonamides is 1. The summed E-state index contributed by atoms with van der Waals surface area (Å²) in [6.45, 7) is 4.56. The quantitative estimate of drug-likeness (QED) is 0.323. The Morgan fingerprint density at radius 3 is 2.42 bits per heavy atom. The average Bonchev–Trinajstić information content (AvgIpc) is 2.86. The fourth-order valence-electron chi connectivity index (χ4n) is 2.15. The molecule has 0 atom stereocenters. The van der Waals surface area contributed by atoms with Crippen LogP contribution in [0, 0.1) is 13.8 Å². The summed E-state index contributed by atoms with van der Waals surface area (Å²) in [5.74, 6) is 1.93. The van der Waals surface area contributed by atoms with Gasteiger partial charge in [0.1, 0.15) is 5.76 Å². The average molecular weight is 493 g/mol. The molecule has 1 aromatic heterocycles. The Bertz CT molecular complexity index is 845. The van der Waals surface area contributed by atoms with E-state index in [1.807, 2.05) is 26.0 Å². The van der Waals surface area contributed by atoms with Gasteiger partial charge in [0.25, 0.3) is 0 Å². The Kier molecular flexibility index (Phi) is 8.34. The lowest BCUT2D eigenvalue weighted by atomic mass is 10.2. The van der Waals surface area contributed by atoms with Gasteiger partial charge in [-0.05, 0) is 25.5 Å². The van der Waals surface area contributed by atoms with Crippen LogP contribution in [-0.4, -0.2) is 32.7 Å². The zero-order valence-electron chi connectivity index (χ0n) is 15.2. The molecular weight excluding hydrogens is 469 g/mol. The van der Waals surface area contributed by atoms with Crippen LogP contribution in [0.2, 0.25) is 0 Å². The minimum Gasteiger partial charge on any atom is -0.444 e. The fraction of sp³-hybridized carbons (Fsp3) is 0.375. The lowest BCUT2D eigenvalue weighted by molar-refractivity contribution is 0.463. The van der Waals surface area contributed by atoms with E-state index in [0.717, 1.165) is 23.3 Å². The van der Waals surface area contributed by atoms with Gasteiger partial charge in [-0.3, -0.25) is 9.71 Å². The molecule has 0 bridgehead atoms. The zero-order chi connectivity index (χ0) is 18.4. The summed E-state index contributed by atoms with van der Waals surface area (Å²) >= 11 is 0. The number of hydrogen-bond acceptors (Lipinski definition) is 5. The third-order valence-corrected chi connectivity index (χ3v) is 4.05. The van der Waals surface area contributed by atoms with Gasteiger partial charge in [-0.15, -0.1) is 24.0 Å². The second-order valence-corrected chi connectivity index (χ2v) is 7.31. The Morgan fingerprint density at radius 1 is 1.19 bits per heavy atom. The number of hydrogen-bond donors (Lipinski definition) is 3. The van der Waals surface area contributed by atoms with Crippen molar-refractivity contribution in [2.75, 3.05) is 18.0 Å². The normalized spacial score (nSPS) is 11.6. The lowest BCUT2D eigenvalue weighted by Gasteiger charge is -2.14. The van der Waals surface area contributed by atoms with Crippen LogP contribution in [0.1, 0.15) is 22.9 Å². The summed E-state index contributed by atoms with van der Waals surface area (Å²) in [5, 5.41) is 6.25. The molecule has 10 heteroatoms. The first-order valence-corrected chi connectivity index (χ1v) is 9.60. The van der Waals surface area contributed by atoms with Crippen molar-refractivity contribution in [2.24, 2.45) is 4.99 Å². The van der Waals surface area contributed by atoms with Crippen LogP contribution in [0.4, 0.5) is 5.69 Å². The molecule has 26 heavy (non-hydrogen) atoms. The summed E-state index contributed by atoms with van der Waals surface area (Å²) < 4.78 is 30.9. The van der Waals surface area contributed by atoms with E-state index in [0.29, 0.717) is 30.6 Å². The molecule has 8 nitrogen and oxygen atoms in total. The summed E-state index contributed by atoms with van der Waals surface area (Å²) in [4.78, 5) is 8.44. The molecule has 0 radical (unpaired) electrons. The predicted octanol–water partition coefficient (Wildman–Crippen LogP) is 2.15. The molecule has 1 heterocycles. The molecule has 3 N–H and O–H groups in total. The summed E-state index contributed by atoms with van der Waals surface area (Å²) in [7, 11) is -1.68. The van der Waals surface area contributed by atoms with E-state index in [9.17, 15) is 8.42 Å². The van der Waals surface area contributed by atoms with Crippen LogP contribution in [0.5, 0.6) is 0 Å². The standard InChI is InChI=1S/C16H23N5O3S.HI/c1-11-12(2)24-15(20-11)10-19-16(17-3)18-9-13-7-5-6-8-14(13)21-25(4,22)23;/h5-8,21H,9-10H2,1-4H3,(H2,17,18,19);1H. The summed E-state index contributed by atoms with van der Waals surface area (Å²) in [5.41, 5.74) is 2.20. The number of rotatable bonds is 6. The Balaban J connectivity index is 0.00000338. The van der Waals surface area contributed by atoms with Gasteiger partial charge in [-0.1, -0.05) is 18.2 Å². The van der Waals surface area contributed by atoms with Crippen LogP contribution in [0.3, 0.4) is 0 Å². The molecule has 144 valence electrons. The highest BCUT2D eigenvalue weighted by Crippen LogP contribution is 2.15. The van der Waals surface area contributed by atoms with Crippen LogP contribution < -0.4 is 15.4 Å². The smallest absolute Gasteiger partial charge is 0.229 e. The van der Waals surface area contributed by atoms with E-state index in [2.05, 4.69) is 25.3 Å². The van der Waals surface area contributed by atoms with Gasteiger partial charge in [-0.2, -0.15) is 0 Å². The first-order valence-electron chi connectivity index (χ1n) is 7.71. The molecule has 1 aromatic carbocycles. The molecule has 0 unspecified atom stereocenters. The van der Waals surface area contributed by atoms with Crippen molar-refractivity contribution in [2.45, 2.75) is 26.9 Å². The Morgan fingerprint density at radius 2 is 1.85 bits per heavy atom. The predicted molar refractivity (Wildman–Crippen MR) is 113 cm³/mol. The van der Waals surface area contributed by atoms with Gasteiger partial charge in [-0.25, -0.2) is 13.4 Å². The molecular formula is C16H24IN5O3S. The number of nitrogens with one attached hydrogen (secondary N) is 3. The highest BCUT2D eigenvalue weighted by molar-refractivity contribution is 14.0. The summed E-state index contributed by atoms with van der Waals surface area (Å²) in [6, 6.07) is 7.18. The number of halogens is 1. The van der Waals surface area contributed by atoms with Gasteiger partial charge in [0, 0.05) is 13.6 Å². The molecule has 0 saturated heterocycles. The maximum atomic E-state index is 11.5. The third-order valence-electron chi connectivity index (χ3n) is 3.46. The largest absolute Gasteiger partial charge is 0.444 e. The van der Waals surface area contributed by atoms with Crippen molar-refractivity contribution in [1.82, 2.24) is 15.6 Å². The molecule has 0 saturated carbocycles. The number of nitrogens with zero attached hydrogens (tertiary/aromatic N) is 2. The minimum absolute atomic E-state index is 0. The molecule has 2 aromatic rings. The van der Waals surface area contributed by atoms with E-state index in [4.69, 9.17) is 4.42 Å². The monoisotopic (exact) mass is 493 g/mol. The maximum Gasteiger partial charge on any atom is 0.229 e. The van der Waals surface area contributed by atoms with Gasteiger partial charge >= 0.3 is 0 Å². The van der Waals surface area contributed by atoms with Gasteiger partial charge in [0.2, 0.25) is 15.9 Å². The molecule has 0 fully saturated rings. The van der Waals surface area contributed by atoms with Gasteiger partial charge in [0.15, 0.2) is 5.96 Å². The molecule has 0 aliphatic carbocycles. The summed E-state index contributed by atoms with van der Waals surface area (Å²) in [6.07, 6.45) is 1.12. The SMILES string of the molecule is CN=C(NCc1nc(C)c(C)o1)NCc1ccccc1NS(C)(=O)=O.I. The number of guanidine groups is 1. The zero-order valence-corrected chi connectivity index (χ0v) is 18.3. The molecule has 0 aliphatic rings. The van der Waals surface area contributed by atoms with Crippen LogP contribution >= 0.6 is 24.0 Å². The van der Waals surface area contributed by atoms with Crippen LogP contribution in [-0.2, 0) is 23.1 Å². The topological polar surface area (TPSA) is 109 Å². The first-order chi connectivity index (χ1) is 11.8. The first kappa shape index (κ1) is 22.2. The van der Waals surface area contributed by atoms with E-state index in [-0.39, 0.29) is 24.0 Å². The number of anilines is 1. The third kappa shape index (κ3) is 6.83. The molecule has 0 spiro atoms. The van der Waals surface area contributed by atoms with Crippen molar-refractivity contribution in [3.05, 3.63) is 47.2 Å². The Hall–Kier alpha value is -1.82. The molecule has 0 amide bonds. The highest BCUT2D eigenvalue weighted by atomic mass is 127. The van der Waals surface area contributed by atoms with E-state index < -0.39 is 10.0 Å². The van der Waals surface area contributed by atoms with Crippen molar-refractivity contribution >= 4 is 45.6 Å². The second-order valence-electron chi connectivity index (χ2n) is 5.56. The number of aromatic nitrogens is 1. The van der Waals surface area contributed by atoms with Crippen molar-refractivity contribution < 1.29 is 12.8 Å². The van der Waals surface area contributed by atoms with E-state index in [1.165, 1.54) is 0 Å². The number of aryl methyl sites for hydroxylation is 2. The number of benzene rings is 1. The van der Waals surface area contributed by atoms with Crippen LogP contribution in [0.15, 0.2) is 33.7 Å². The van der Waals surface area contributed by atoms with Crippen molar-refractivity contribution in [3.63, 3.8) is 0 Å².